The zero-order valence-corrected chi connectivity index (χ0v) is 16.2. The van der Waals surface area contributed by atoms with Gasteiger partial charge in [-0.1, -0.05) is 18.6 Å². The van der Waals surface area contributed by atoms with Crippen LogP contribution in [-0.4, -0.2) is 37.4 Å². The molecule has 0 bridgehead atoms. The summed E-state index contributed by atoms with van der Waals surface area (Å²) in [4.78, 5) is 22.5. The molecular formula is C20H34O5. The van der Waals surface area contributed by atoms with Crippen molar-refractivity contribution in [2.75, 3.05) is 13.2 Å². The molecular weight excluding hydrogens is 320 g/mol. The Hall–Kier alpha value is -1.20. The number of esters is 1. The highest BCUT2D eigenvalue weighted by Crippen LogP contribution is 2.18. The Kier molecular flexibility index (Phi) is 10.7. The van der Waals surface area contributed by atoms with Crippen LogP contribution in [0.4, 0.5) is 0 Å². The maximum Gasteiger partial charge on any atom is 0.303 e. The highest BCUT2D eigenvalue weighted by atomic mass is 16.7. The van der Waals surface area contributed by atoms with Crippen LogP contribution in [0, 0.1) is 5.92 Å². The Morgan fingerprint density at radius 3 is 2.60 bits per heavy atom. The van der Waals surface area contributed by atoms with E-state index in [0.717, 1.165) is 45.3 Å². The number of ether oxygens (including phenoxy) is 3. The quantitative estimate of drug-likeness (QED) is 0.411. The van der Waals surface area contributed by atoms with E-state index in [4.69, 9.17) is 14.2 Å². The largest absolute Gasteiger partial charge is 0.454 e. The lowest BCUT2D eigenvalue weighted by Gasteiger charge is -2.24. The molecule has 1 saturated heterocycles. The minimum atomic E-state index is -0.657. The Morgan fingerprint density at radius 1 is 1.24 bits per heavy atom. The monoisotopic (exact) mass is 354 g/mol. The van der Waals surface area contributed by atoms with Crippen molar-refractivity contribution in [3.63, 3.8) is 0 Å². The summed E-state index contributed by atoms with van der Waals surface area (Å²) in [6, 6.07) is 0. The summed E-state index contributed by atoms with van der Waals surface area (Å²) >= 11 is 0. The molecule has 0 aromatic rings. The maximum atomic E-state index is 11.5. The van der Waals surface area contributed by atoms with Gasteiger partial charge in [-0.25, -0.2) is 0 Å². The fourth-order valence-corrected chi connectivity index (χ4v) is 2.83. The van der Waals surface area contributed by atoms with Crippen molar-refractivity contribution >= 4 is 11.8 Å². The molecule has 144 valence electrons. The third-order valence-corrected chi connectivity index (χ3v) is 4.41. The van der Waals surface area contributed by atoms with Crippen molar-refractivity contribution in [1.82, 2.24) is 0 Å². The number of ketones is 1. The summed E-state index contributed by atoms with van der Waals surface area (Å²) in [5.74, 6) is -0.0266. The number of hydrogen-bond acceptors (Lipinski definition) is 5. The third kappa shape index (κ3) is 10.4. The molecule has 1 rings (SSSR count). The molecule has 1 fully saturated rings. The number of hydrogen-bond donors (Lipinski definition) is 0. The van der Waals surface area contributed by atoms with Crippen molar-refractivity contribution in [1.29, 1.82) is 0 Å². The van der Waals surface area contributed by atoms with Gasteiger partial charge in [-0.3, -0.25) is 9.59 Å². The molecule has 0 aromatic carbocycles. The number of rotatable bonds is 11. The lowest BCUT2D eigenvalue weighted by Crippen LogP contribution is -2.24. The van der Waals surface area contributed by atoms with E-state index in [1.165, 1.54) is 25.8 Å². The average molecular weight is 354 g/mol. The number of carbonyl (C=O) groups is 2. The Balaban J connectivity index is 2.19. The van der Waals surface area contributed by atoms with E-state index in [1.807, 2.05) is 6.08 Å². The van der Waals surface area contributed by atoms with Gasteiger partial charge in [0.2, 0.25) is 0 Å². The summed E-state index contributed by atoms with van der Waals surface area (Å²) < 4.78 is 16.4. The summed E-state index contributed by atoms with van der Waals surface area (Å²) in [5, 5.41) is 0. The fourth-order valence-electron chi connectivity index (χ4n) is 2.83. The summed E-state index contributed by atoms with van der Waals surface area (Å²) in [5.41, 5.74) is 1.22. The molecule has 0 aliphatic carbocycles. The third-order valence-electron chi connectivity index (χ3n) is 4.41. The van der Waals surface area contributed by atoms with Crippen molar-refractivity contribution in [2.24, 2.45) is 5.92 Å². The molecule has 0 N–H and O–H groups in total. The lowest BCUT2D eigenvalue weighted by atomic mass is 10.0. The van der Waals surface area contributed by atoms with Gasteiger partial charge in [-0.15, -0.1) is 0 Å². The van der Waals surface area contributed by atoms with Crippen LogP contribution in [-0.2, 0) is 23.8 Å². The van der Waals surface area contributed by atoms with E-state index in [-0.39, 0.29) is 12.1 Å². The predicted octanol–water partition coefficient (Wildman–Crippen LogP) is 4.19. The van der Waals surface area contributed by atoms with Crippen molar-refractivity contribution in [2.45, 2.75) is 85.0 Å². The van der Waals surface area contributed by atoms with E-state index in [1.54, 1.807) is 0 Å². The second kappa shape index (κ2) is 12.2. The molecule has 3 atom stereocenters. The zero-order chi connectivity index (χ0) is 18.7. The smallest absolute Gasteiger partial charge is 0.303 e. The van der Waals surface area contributed by atoms with E-state index in [9.17, 15) is 9.59 Å². The first-order chi connectivity index (χ1) is 11.9. The highest BCUT2D eigenvalue weighted by Gasteiger charge is 2.16. The van der Waals surface area contributed by atoms with Gasteiger partial charge in [0.15, 0.2) is 18.2 Å². The Bertz CT molecular complexity index is 437. The van der Waals surface area contributed by atoms with Crippen molar-refractivity contribution < 1.29 is 23.8 Å². The number of allylic oxidation sites excluding steroid dienone is 1. The van der Waals surface area contributed by atoms with Gasteiger partial charge in [0.25, 0.3) is 0 Å². The first kappa shape index (κ1) is 21.8. The van der Waals surface area contributed by atoms with Crippen LogP contribution in [0.15, 0.2) is 11.6 Å². The van der Waals surface area contributed by atoms with Crippen LogP contribution < -0.4 is 0 Å². The van der Waals surface area contributed by atoms with E-state index in [2.05, 4.69) is 13.8 Å². The number of Topliss-reactive ketones (excluding diaryl/α,β-unsaturated/α-hetero) is 1. The van der Waals surface area contributed by atoms with Gasteiger partial charge in [-0.2, -0.15) is 0 Å². The standard InChI is InChI=1S/C20H34O5/c1-15(11-12-19(17(3)21)25-18(4)22)8-7-9-16(2)14-24-20-10-5-6-13-23-20/h11,16,19-20H,5-10,12-14H2,1-4H3/b15-11-. The molecule has 1 aliphatic rings. The van der Waals surface area contributed by atoms with Gasteiger partial charge >= 0.3 is 5.97 Å². The van der Waals surface area contributed by atoms with Crippen LogP contribution in [0.5, 0.6) is 0 Å². The van der Waals surface area contributed by atoms with Crippen LogP contribution >= 0.6 is 0 Å². The van der Waals surface area contributed by atoms with Crippen molar-refractivity contribution in [3.8, 4) is 0 Å². The van der Waals surface area contributed by atoms with Crippen LogP contribution in [0.1, 0.15) is 72.6 Å². The molecule has 0 amide bonds. The normalized spacial score (nSPS) is 20.8. The molecule has 1 aliphatic heterocycles. The Labute approximate surface area is 152 Å². The van der Waals surface area contributed by atoms with E-state index >= 15 is 0 Å². The minimum absolute atomic E-state index is 0.0115. The van der Waals surface area contributed by atoms with Gasteiger partial charge in [0.1, 0.15) is 0 Å². The van der Waals surface area contributed by atoms with E-state index < -0.39 is 12.1 Å². The molecule has 0 aromatic heterocycles. The van der Waals surface area contributed by atoms with Gasteiger partial charge < -0.3 is 14.2 Å². The highest BCUT2D eigenvalue weighted by molar-refractivity contribution is 5.83. The number of carbonyl (C=O) groups excluding carboxylic acids is 2. The van der Waals surface area contributed by atoms with Crippen molar-refractivity contribution in [3.05, 3.63) is 11.6 Å². The first-order valence-corrected chi connectivity index (χ1v) is 9.45. The van der Waals surface area contributed by atoms with Gasteiger partial charge in [0, 0.05) is 20.0 Å². The second-order valence-electron chi connectivity index (χ2n) is 7.12. The van der Waals surface area contributed by atoms with Gasteiger partial charge in [0.05, 0.1) is 6.61 Å². The van der Waals surface area contributed by atoms with Crippen LogP contribution in [0.25, 0.3) is 0 Å². The second-order valence-corrected chi connectivity index (χ2v) is 7.12. The van der Waals surface area contributed by atoms with Crippen LogP contribution in [0.3, 0.4) is 0 Å². The maximum absolute atomic E-state index is 11.5. The van der Waals surface area contributed by atoms with Gasteiger partial charge in [-0.05, 0) is 58.3 Å². The summed E-state index contributed by atoms with van der Waals surface area (Å²) in [7, 11) is 0. The molecule has 0 saturated carbocycles. The molecule has 25 heavy (non-hydrogen) atoms. The van der Waals surface area contributed by atoms with E-state index in [0.29, 0.717) is 12.3 Å². The average Bonchev–Trinajstić information content (AvgIpc) is 2.57. The Morgan fingerprint density at radius 2 is 2.00 bits per heavy atom. The minimum Gasteiger partial charge on any atom is -0.454 e. The molecule has 0 radical (unpaired) electrons. The molecule has 1 heterocycles. The molecule has 3 unspecified atom stereocenters. The summed E-state index contributed by atoms with van der Waals surface area (Å²) in [6.45, 7) is 8.60. The lowest BCUT2D eigenvalue weighted by molar-refractivity contribution is -0.168. The van der Waals surface area contributed by atoms with Crippen LogP contribution in [0.2, 0.25) is 0 Å². The zero-order valence-electron chi connectivity index (χ0n) is 16.2. The fraction of sp³-hybridized carbons (Fsp3) is 0.800. The predicted molar refractivity (Wildman–Crippen MR) is 97.2 cm³/mol. The molecule has 5 nitrogen and oxygen atoms in total. The molecule has 5 heteroatoms. The molecule has 0 spiro atoms. The summed E-state index contributed by atoms with van der Waals surface area (Å²) in [6.07, 6.45) is 8.29. The first-order valence-electron chi connectivity index (χ1n) is 9.45. The topological polar surface area (TPSA) is 61.8 Å². The SMILES string of the molecule is CC(=O)OC(C/C=C(/C)CCCC(C)COC1CCCCO1)C(C)=O.